The van der Waals surface area contributed by atoms with Crippen LogP contribution in [0.25, 0.3) is 0 Å². The molecule has 0 aromatic carbocycles. The van der Waals surface area contributed by atoms with Crippen LogP contribution in [0.15, 0.2) is 0 Å². The van der Waals surface area contributed by atoms with Crippen molar-refractivity contribution in [3.05, 3.63) is 0 Å². The Bertz CT molecular complexity index is 275. The Morgan fingerprint density at radius 3 is 2.05 bits per heavy atom. The van der Waals surface area contributed by atoms with Gasteiger partial charge in [-0.05, 0) is 56.8 Å². The minimum absolute atomic E-state index is 0.986. The first-order valence-electron chi connectivity index (χ1n) is 8.57. The van der Waals surface area contributed by atoms with E-state index < -0.39 is 0 Å². The molecular formula is C17H30S2. The van der Waals surface area contributed by atoms with Crippen LogP contribution in [-0.2, 0) is 0 Å². The molecule has 1 aliphatic carbocycles. The van der Waals surface area contributed by atoms with Crippen molar-refractivity contribution in [2.24, 2.45) is 11.8 Å². The fraction of sp³-hybridized carbons (Fsp3) is 1.00. The molecule has 2 saturated heterocycles. The van der Waals surface area contributed by atoms with E-state index in [0.29, 0.717) is 0 Å². The topological polar surface area (TPSA) is 0 Å². The molecule has 19 heavy (non-hydrogen) atoms. The largest absolute Gasteiger partial charge is 0.154 e. The Labute approximate surface area is 128 Å². The van der Waals surface area contributed by atoms with Crippen molar-refractivity contribution in [2.75, 3.05) is 0 Å². The van der Waals surface area contributed by atoms with Crippen molar-refractivity contribution in [3.8, 4) is 0 Å². The van der Waals surface area contributed by atoms with Crippen LogP contribution < -0.4 is 0 Å². The van der Waals surface area contributed by atoms with Crippen LogP contribution in [0.4, 0.5) is 0 Å². The summed E-state index contributed by atoms with van der Waals surface area (Å²) < 4.78 is 0. The summed E-state index contributed by atoms with van der Waals surface area (Å²) in [5.74, 6) is 2.08. The molecule has 3 fully saturated rings. The predicted molar refractivity (Wildman–Crippen MR) is 90.2 cm³/mol. The summed E-state index contributed by atoms with van der Waals surface area (Å²) in [7, 11) is 0. The highest BCUT2D eigenvalue weighted by atomic mass is 32.2. The van der Waals surface area contributed by atoms with Gasteiger partial charge in [0.2, 0.25) is 0 Å². The van der Waals surface area contributed by atoms with Gasteiger partial charge >= 0.3 is 0 Å². The van der Waals surface area contributed by atoms with E-state index in [9.17, 15) is 0 Å². The molecule has 0 aromatic heterocycles. The summed E-state index contributed by atoms with van der Waals surface area (Å²) >= 11 is 4.74. The summed E-state index contributed by atoms with van der Waals surface area (Å²) in [6, 6.07) is 0. The first-order valence-corrected chi connectivity index (χ1v) is 10.5. The van der Waals surface area contributed by atoms with Gasteiger partial charge in [-0.25, -0.2) is 0 Å². The lowest BCUT2D eigenvalue weighted by atomic mass is 9.80. The normalized spacial score (nSPS) is 47.7. The maximum atomic E-state index is 2.45. The van der Waals surface area contributed by atoms with Gasteiger partial charge in [-0.2, -0.15) is 23.5 Å². The highest BCUT2D eigenvalue weighted by Crippen LogP contribution is 2.50. The highest BCUT2D eigenvalue weighted by molar-refractivity contribution is 8.04. The Hall–Kier alpha value is 0.700. The average molecular weight is 299 g/mol. The molecule has 0 nitrogen and oxygen atoms in total. The minimum Gasteiger partial charge on any atom is -0.154 e. The van der Waals surface area contributed by atoms with Crippen molar-refractivity contribution in [2.45, 2.75) is 92.6 Å². The molecule has 3 aliphatic rings. The second kappa shape index (κ2) is 6.64. The van der Waals surface area contributed by atoms with Crippen LogP contribution >= 0.6 is 23.5 Å². The van der Waals surface area contributed by atoms with Crippen molar-refractivity contribution in [1.82, 2.24) is 0 Å². The molecule has 0 spiro atoms. The molecule has 110 valence electrons. The van der Waals surface area contributed by atoms with Gasteiger partial charge in [0.15, 0.2) is 0 Å². The van der Waals surface area contributed by atoms with E-state index in [2.05, 4.69) is 37.4 Å². The van der Waals surface area contributed by atoms with Gasteiger partial charge < -0.3 is 0 Å². The highest BCUT2D eigenvalue weighted by Gasteiger charge is 2.39. The first kappa shape index (κ1) is 14.6. The fourth-order valence-corrected chi connectivity index (χ4v) is 8.00. The predicted octanol–water partition coefficient (Wildman–Crippen LogP) is 5.75. The number of thioether (sulfide) groups is 2. The van der Waals surface area contributed by atoms with Crippen molar-refractivity contribution < 1.29 is 0 Å². The summed E-state index contributed by atoms with van der Waals surface area (Å²) in [6.07, 6.45) is 13.5. The molecule has 0 radical (unpaired) electrons. The third-order valence-electron chi connectivity index (χ3n) is 5.68. The van der Waals surface area contributed by atoms with Gasteiger partial charge in [0.1, 0.15) is 0 Å². The van der Waals surface area contributed by atoms with Gasteiger partial charge in [0, 0.05) is 21.0 Å². The van der Waals surface area contributed by atoms with Crippen LogP contribution in [-0.4, -0.2) is 21.0 Å². The maximum Gasteiger partial charge on any atom is 0.0169 e. The van der Waals surface area contributed by atoms with E-state index >= 15 is 0 Å². The van der Waals surface area contributed by atoms with Gasteiger partial charge in [0.25, 0.3) is 0 Å². The van der Waals surface area contributed by atoms with Crippen LogP contribution in [0, 0.1) is 11.8 Å². The van der Waals surface area contributed by atoms with E-state index in [1.807, 2.05) is 0 Å². The molecule has 4 unspecified atom stereocenters. The van der Waals surface area contributed by atoms with Crippen molar-refractivity contribution in [1.29, 1.82) is 0 Å². The van der Waals surface area contributed by atoms with E-state index in [1.54, 1.807) is 0 Å². The lowest BCUT2D eigenvalue weighted by Gasteiger charge is -2.30. The van der Waals surface area contributed by atoms with E-state index in [4.69, 9.17) is 0 Å². The van der Waals surface area contributed by atoms with Gasteiger partial charge in [-0.3, -0.25) is 0 Å². The van der Waals surface area contributed by atoms with Gasteiger partial charge in [-0.1, -0.05) is 26.7 Å². The van der Waals surface area contributed by atoms with Crippen molar-refractivity contribution in [3.63, 3.8) is 0 Å². The minimum atomic E-state index is 0.986. The third-order valence-corrected chi connectivity index (χ3v) is 9.61. The van der Waals surface area contributed by atoms with Gasteiger partial charge in [-0.15, -0.1) is 0 Å². The maximum absolute atomic E-state index is 2.45. The zero-order chi connectivity index (χ0) is 13.2. The lowest BCUT2D eigenvalue weighted by molar-refractivity contribution is 0.282. The van der Waals surface area contributed by atoms with Crippen LogP contribution in [0.2, 0.25) is 0 Å². The van der Waals surface area contributed by atoms with Gasteiger partial charge in [0.05, 0.1) is 0 Å². The Morgan fingerprint density at radius 1 is 0.737 bits per heavy atom. The monoisotopic (exact) mass is 298 g/mol. The molecule has 2 heteroatoms. The Morgan fingerprint density at radius 2 is 1.37 bits per heavy atom. The number of hydrogen-bond donors (Lipinski definition) is 0. The summed E-state index contributed by atoms with van der Waals surface area (Å²) in [6.45, 7) is 4.81. The van der Waals surface area contributed by atoms with Crippen LogP contribution in [0.5, 0.6) is 0 Å². The zero-order valence-electron chi connectivity index (χ0n) is 12.6. The summed E-state index contributed by atoms with van der Waals surface area (Å²) in [4.78, 5) is 0. The standard InChI is InChI=1S/C17H30S2/c1-3-14-8-9-16(18-14)17-11-10-15(19-17)13-6-4-12(2)5-7-13/h12-17H,3-11H2,1-2H3. The molecule has 2 aliphatic heterocycles. The molecule has 1 saturated carbocycles. The first-order chi connectivity index (χ1) is 9.26. The lowest BCUT2D eigenvalue weighted by Crippen LogP contribution is -2.21. The zero-order valence-corrected chi connectivity index (χ0v) is 14.3. The molecule has 0 amide bonds. The number of hydrogen-bond acceptors (Lipinski definition) is 2. The molecule has 0 N–H and O–H groups in total. The molecule has 2 heterocycles. The van der Waals surface area contributed by atoms with Crippen LogP contribution in [0.1, 0.15) is 71.6 Å². The fourth-order valence-electron chi connectivity index (χ4n) is 4.27. The van der Waals surface area contributed by atoms with E-state index in [1.165, 1.54) is 57.8 Å². The van der Waals surface area contributed by atoms with Crippen LogP contribution in [0.3, 0.4) is 0 Å². The summed E-state index contributed by atoms with van der Waals surface area (Å²) in [5.41, 5.74) is 0. The number of rotatable bonds is 3. The van der Waals surface area contributed by atoms with E-state index in [-0.39, 0.29) is 0 Å². The second-order valence-electron chi connectivity index (χ2n) is 7.09. The Balaban J connectivity index is 1.47. The smallest absolute Gasteiger partial charge is 0.0169 e. The van der Waals surface area contributed by atoms with E-state index in [0.717, 1.165) is 32.8 Å². The Kier molecular flexibility index (Phi) is 5.11. The third kappa shape index (κ3) is 3.48. The average Bonchev–Trinajstić information content (AvgIpc) is 3.08. The molecular weight excluding hydrogens is 268 g/mol. The molecule has 3 rings (SSSR count). The quantitative estimate of drug-likeness (QED) is 0.650. The molecule has 0 aromatic rings. The molecule has 0 bridgehead atoms. The SMILES string of the molecule is CCC1CCC(C2CCC(C3CCC(C)CC3)S2)S1. The summed E-state index contributed by atoms with van der Waals surface area (Å²) in [5, 5.41) is 4.02. The van der Waals surface area contributed by atoms with Crippen molar-refractivity contribution >= 4 is 23.5 Å². The second-order valence-corrected chi connectivity index (χ2v) is 10.1. The molecule has 4 atom stereocenters.